The molecule has 1 aliphatic rings. The molecule has 0 saturated heterocycles. The first-order valence-electron chi connectivity index (χ1n) is 12.9. The highest BCUT2D eigenvalue weighted by molar-refractivity contribution is 6.09. The van der Waals surface area contributed by atoms with Crippen molar-refractivity contribution in [2.75, 3.05) is 11.1 Å². The third-order valence-corrected chi connectivity index (χ3v) is 6.52. The Balaban J connectivity index is 1.63. The number of alkyl halides is 8. The van der Waals surface area contributed by atoms with E-state index >= 15 is 0 Å². The van der Waals surface area contributed by atoms with E-state index in [4.69, 9.17) is 9.85 Å². The molecule has 1 unspecified atom stereocenters. The normalized spacial score (nSPS) is 19.0. The number of aryl methyl sites for hydroxylation is 2. The number of nitrogens with one attached hydrogen (secondary N) is 1. The first-order chi connectivity index (χ1) is 20.1. The third kappa shape index (κ3) is 4.55. The zero-order valence-electron chi connectivity index (χ0n) is 23.4. The van der Waals surface area contributed by atoms with Crippen molar-refractivity contribution in [1.29, 1.82) is 0 Å². The summed E-state index contributed by atoms with van der Waals surface area (Å²) in [7, 11) is 0. The van der Waals surface area contributed by atoms with Gasteiger partial charge in [0.25, 0.3) is 0 Å². The number of nitrogens with zero attached hydrogens (tertiary/aromatic N) is 7. The molecule has 0 fully saturated rings. The second-order valence-electron chi connectivity index (χ2n) is 9.15. The number of carbonyl (C=O) groups excluding carboxylic acids is 1. The van der Waals surface area contributed by atoms with E-state index in [0.29, 0.717) is 10.7 Å². The minimum Gasteiger partial charge on any atom is -0.383 e. The third-order valence-electron chi connectivity index (χ3n) is 6.52. The van der Waals surface area contributed by atoms with Crippen LogP contribution in [-0.4, -0.2) is 52.7 Å². The average molecular weight is 590 g/mol. The molecule has 0 saturated carbocycles. The Kier molecular flexibility index (Phi) is 5.33. The van der Waals surface area contributed by atoms with Gasteiger partial charge in [0.1, 0.15) is 34.3 Å². The zero-order valence-corrected chi connectivity index (χ0v) is 20.4. The number of anilines is 2. The maximum Gasteiger partial charge on any atom is 0.453 e. The number of nitrogens with two attached hydrogens (primary N) is 1. The molecule has 3 N–H and O–H groups in total. The molecule has 41 heavy (non-hydrogen) atoms. The second-order valence-corrected chi connectivity index (χ2v) is 9.15. The van der Waals surface area contributed by atoms with E-state index in [1.54, 1.807) is 0 Å². The molecule has 4 aromatic rings. The van der Waals surface area contributed by atoms with Crippen LogP contribution in [0.3, 0.4) is 0 Å². The predicted molar refractivity (Wildman–Crippen MR) is 125 cm³/mol. The molecule has 1 amide bonds. The Morgan fingerprint density at radius 1 is 1.05 bits per heavy atom. The van der Waals surface area contributed by atoms with E-state index in [9.17, 15) is 39.9 Å². The van der Waals surface area contributed by atoms with Gasteiger partial charge in [0.2, 0.25) is 5.91 Å². The molecule has 0 aromatic carbocycles. The van der Waals surface area contributed by atoms with Crippen molar-refractivity contribution in [3.8, 4) is 11.5 Å². The van der Waals surface area contributed by atoms with Crippen molar-refractivity contribution in [1.82, 2.24) is 34.7 Å². The smallest absolute Gasteiger partial charge is 0.383 e. The summed E-state index contributed by atoms with van der Waals surface area (Å²) in [6.07, 6.45) is -11.6. The van der Waals surface area contributed by atoms with Crippen LogP contribution in [0.2, 0.25) is 0 Å². The molecule has 1 atom stereocenters. The maximum absolute atomic E-state index is 13.7. The fourth-order valence-electron chi connectivity index (χ4n) is 4.29. The standard InChI is InChI=1S/C23H17F8N9O/c1-20(9-3-4-11(33-7-9)22(26,27)28)13-15(32)37-17(38-16(13)39-19(20)41)14-10-8-34-40(2)18(10)36-12(35-14)5-6-21(24,25)23(29,30)31/h3-4,7-8H,5-6H2,1-2H3,(H3,32,37,38,39,41)/i2D3. The van der Waals surface area contributed by atoms with Crippen LogP contribution in [0.25, 0.3) is 22.6 Å². The van der Waals surface area contributed by atoms with Gasteiger partial charge < -0.3 is 11.1 Å². The molecular formula is C23H17F8N9O. The largest absolute Gasteiger partial charge is 0.453 e. The molecule has 1 aliphatic heterocycles. The topological polar surface area (TPSA) is 137 Å². The molecule has 5 heterocycles. The summed E-state index contributed by atoms with van der Waals surface area (Å²) >= 11 is 0. The van der Waals surface area contributed by atoms with Crippen molar-refractivity contribution in [3.63, 3.8) is 0 Å². The fourth-order valence-corrected chi connectivity index (χ4v) is 4.29. The number of fused-ring (bicyclic) bond motifs is 2. The minimum absolute atomic E-state index is 0.000981. The maximum atomic E-state index is 13.7. The lowest BCUT2D eigenvalue weighted by atomic mass is 9.78. The van der Waals surface area contributed by atoms with Gasteiger partial charge in [0.15, 0.2) is 11.5 Å². The van der Waals surface area contributed by atoms with Gasteiger partial charge in [-0.15, -0.1) is 0 Å². The molecule has 0 aliphatic carbocycles. The van der Waals surface area contributed by atoms with Crippen LogP contribution in [0.15, 0.2) is 24.5 Å². The number of pyridine rings is 1. The number of hydrogen-bond acceptors (Lipinski definition) is 8. The molecule has 10 nitrogen and oxygen atoms in total. The fraction of sp³-hybridized carbons (Fsp3) is 0.348. The number of halogens is 8. The van der Waals surface area contributed by atoms with E-state index in [1.807, 2.05) is 0 Å². The van der Waals surface area contributed by atoms with Gasteiger partial charge in [-0.1, -0.05) is 6.07 Å². The van der Waals surface area contributed by atoms with Crippen LogP contribution in [0.4, 0.5) is 46.8 Å². The highest BCUT2D eigenvalue weighted by atomic mass is 19.4. The number of rotatable bonds is 5. The Bertz CT molecular complexity index is 1790. The molecule has 18 heteroatoms. The van der Waals surface area contributed by atoms with E-state index in [2.05, 4.69) is 35.3 Å². The van der Waals surface area contributed by atoms with Crippen molar-refractivity contribution in [2.45, 2.75) is 43.5 Å². The lowest BCUT2D eigenvalue weighted by Crippen LogP contribution is -2.36. The number of aromatic nitrogens is 7. The van der Waals surface area contributed by atoms with Gasteiger partial charge in [0.05, 0.1) is 17.1 Å². The van der Waals surface area contributed by atoms with Crippen molar-refractivity contribution >= 4 is 28.6 Å². The summed E-state index contributed by atoms with van der Waals surface area (Å²) in [5.41, 5.74) is 2.37. The first kappa shape index (κ1) is 24.3. The zero-order chi connectivity index (χ0) is 32.6. The van der Waals surface area contributed by atoms with E-state index in [1.165, 1.54) is 6.92 Å². The number of hydrogen-bond donors (Lipinski definition) is 2. The Labute approximate surface area is 228 Å². The summed E-state index contributed by atoms with van der Waals surface area (Å²) in [5, 5.41) is 6.01. The monoisotopic (exact) mass is 590 g/mol. The Morgan fingerprint density at radius 2 is 1.78 bits per heavy atom. The molecular weight excluding hydrogens is 570 g/mol. The van der Waals surface area contributed by atoms with Crippen LogP contribution < -0.4 is 11.1 Å². The minimum atomic E-state index is -5.87. The van der Waals surface area contributed by atoms with E-state index in [0.717, 1.165) is 18.5 Å². The predicted octanol–water partition coefficient (Wildman–Crippen LogP) is 4.20. The average Bonchev–Trinajstić information content (AvgIpc) is 3.45. The summed E-state index contributed by atoms with van der Waals surface area (Å²) in [6, 6.07) is 1.69. The van der Waals surface area contributed by atoms with Crippen LogP contribution in [-0.2, 0) is 29.8 Å². The highest BCUT2D eigenvalue weighted by Crippen LogP contribution is 2.45. The van der Waals surface area contributed by atoms with Gasteiger partial charge in [-0.3, -0.25) is 14.5 Å². The summed E-state index contributed by atoms with van der Waals surface area (Å²) in [5.74, 6) is -7.55. The van der Waals surface area contributed by atoms with Crippen molar-refractivity contribution in [3.05, 3.63) is 47.2 Å². The lowest BCUT2D eigenvalue weighted by molar-refractivity contribution is -0.284. The second kappa shape index (κ2) is 9.00. The molecule has 0 bridgehead atoms. The SMILES string of the molecule is [2H]C([2H])([2H])n1ncc2c(-c3nc(N)c4c(n3)NC(=O)C4(C)c3ccc(C(F)(F)F)nc3)nc(CCC(F)(F)C(F)(F)F)nc21. The molecule has 216 valence electrons. The van der Waals surface area contributed by atoms with Crippen molar-refractivity contribution < 1.29 is 44.0 Å². The molecule has 0 radical (unpaired) electrons. The molecule has 0 spiro atoms. The van der Waals surface area contributed by atoms with Gasteiger partial charge in [-0.05, 0) is 18.6 Å². The Morgan fingerprint density at radius 3 is 2.39 bits per heavy atom. The van der Waals surface area contributed by atoms with Gasteiger partial charge in [-0.2, -0.15) is 40.2 Å². The van der Waals surface area contributed by atoms with Crippen LogP contribution in [0.5, 0.6) is 0 Å². The summed E-state index contributed by atoms with van der Waals surface area (Å²) < 4.78 is 128. The summed E-state index contributed by atoms with van der Waals surface area (Å²) in [4.78, 5) is 32.7. The van der Waals surface area contributed by atoms with E-state index < -0.39 is 72.4 Å². The number of nitrogen functional groups attached to an aromatic ring is 1. The number of amides is 1. The van der Waals surface area contributed by atoms with Crippen molar-refractivity contribution in [2.24, 2.45) is 6.98 Å². The quantitative estimate of drug-likeness (QED) is 0.330. The van der Waals surface area contributed by atoms with Crippen LogP contribution in [0, 0.1) is 0 Å². The molecule has 4 aromatic heterocycles. The lowest BCUT2D eigenvalue weighted by Gasteiger charge is -2.23. The first-order valence-corrected chi connectivity index (χ1v) is 11.4. The van der Waals surface area contributed by atoms with Crippen LogP contribution in [0.1, 0.15) is 40.1 Å². The Hall–Kier alpha value is -4.51. The van der Waals surface area contributed by atoms with Gasteiger partial charge in [0, 0.05) is 30.1 Å². The van der Waals surface area contributed by atoms with Gasteiger partial charge in [-0.25, -0.2) is 19.9 Å². The molecule has 5 rings (SSSR count). The number of carbonyl (C=O) groups is 1. The van der Waals surface area contributed by atoms with Gasteiger partial charge >= 0.3 is 18.3 Å². The van der Waals surface area contributed by atoms with Crippen LogP contribution >= 0.6 is 0 Å². The highest BCUT2D eigenvalue weighted by Gasteiger charge is 2.56. The summed E-state index contributed by atoms with van der Waals surface area (Å²) in [6.45, 7) is -1.62. The van der Waals surface area contributed by atoms with E-state index in [-0.39, 0.29) is 33.8 Å².